The average Bonchev–Trinajstić information content (AvgIpc) is 3.01. The standard InChI is InChI=1S/C16H7BrCl2F2N4O/c17-10-3-1-2-9-12(10)22-15(19)25-14(9)23-13(24-25)8-5-4-7(18)6-11(8)26-16(20)21/h1-6,16H. The van der Waals surface area contributed by atoms with Crippen LogP contribution in [0.25, 0.3) is 27.9 Å². The molecule has 26 heavy (non-hydrogen) atoms. The Hall–Kier alpha value is -2.03. The van der Waals surface area contributed by atoms with Crippen LogP contribution in [0.15, 0.2) is 40.9 Å². The molecule has 2 aromatic carbocycles. The van der Waals surface area contributed by atoms with Crippen LogP contribution in [0.2, 0.25) is 10.3 Å². The summed E-state index contributed by atoms with van der Waals surface area (Å²) in [6.07, 6.45) is 0. The van der Waals surface area contributed by atoms with E-state index in [2.05, 4.69) is 35.7 Å². The number of ether oxygens (including phenoxy) is 1. The van der Waals surface area contributed by atoms with Crippen LogP contribution in [-0.4, -0.2) is 26.2 Å². The van der Waals surface area contributed by atoms with Gasteiger partial charge in [0.05, 0.1) is 11.1 Å². The molecule has 10 heteroatoms. The first-order chi connectivity index (χ1) is 12.4. The number of hydrogen-bond donors (Lipinski definition) is 0. The largest absolute Gasteiger partial charge is 0.434 e. The van der Waals surface area contributed by atoms with Crippen LogP contribution in [0.4, 0.5) is 8.78 Å². The van der Waals surface area contributed by atoms with Crippen molar-refractivity contribution in [1.29, 1.82) is 0 Å². The molecule has 0 radical (unpaired) electrons. The van der Waals surface area contributed by atoms with E-state index in [1.165, 1.54) is 22.7 Å². The summed E-state index contributed by atoms with van der Waals surface area (Å²) in [7, 11) is 0. The van der Waals surface area contributed by atoms with Crippen LogP contribution in [0.3, 0.4) is 0 Å². The average molecular weight is 460 g/mol. The Morgan fingerprint density at radius 3 is 2.69 bits per heavy atom. The molecule has 0 aliphatic carbocycles. The molecule has 0 saturated carbocycles. The highest BCUT2D eigenvalue weighted by Crippen LogP contribution is 2.34. The number of benzene rings is 2. The first-order valence-corrected chi connectivity index (χ1v) is 8.74. The first-order valence-electron chi connectivity index (χ1n) is 7.19. The maximum atomic E-state index is 12.7. The lowest BCUT2D eigenvalue weighted by Crippen LogP contribution is -2.03. The number of rotatable bonds is 3. The van der Waals surface area contributed by atoms with Gasteiger partial charge in [0.15, 0.2) is 11.5 Å². The van der Waals surface area contributed by atoms with Gasteiger partial charge >= 0.3 is 6.61 Å². The van der Waals surface area contributed by atoms with Crippen molar-refractivity contribution in [2.45, 2.75) is 6.61 Å². The SMILES string of the molecule is FC(F)Oc1cc(Cl)ccc1-c1nc2c3cccc(Br)c3nc(Cl)n2n1. The lowest BCUT2D eigenvalue weighted by atomic mass is 10.2. The van der Waals surface area contributed by atoms with Crippen LogP contribution in [0.1, 0.15) is 0 Å². The highest BCUT2D eigenvalue weighted by molar-refractivity contribution is 9.10. The number of aromatic nitrogens is 4. The van der Waals surface area contributed by atoms with Gasteiger partial charge in [0, 0.05) is 14.9 Å². The Morgan fingerprint density at radius 2 is 1.92 bits per heavy atom. The van der Waals surface area contributed by atoms with Crippen LogP contribution in [-0.2, 0) is 0 Å². The van der Waals surface area contributed by atoms with Gasteiger partial charge in [0.25, 0.3) is 0 Å². The Bertz CT molecular complexity index is 1150. The van der Waals surface area contributed by atoms with Gasteiger partial charge in [0.1, 0.15) is 5.75 Å². The predicted octanol–water partition coefficient (Wildman–Crippen LogP) is 5.62. The zero-order valence-corrected chi connectivity index (χ0v) is 15.7. The maximum absolute atomic E-state index is 12.7. The summed E-state index contributed by atoms with van der Waals surface area (Å²) in [6, 6.07) is 9.79. The fraction of sp³-hybridized carbons (Fsp3) is 0.0625. The summed E-state index contributed by atoms with van der Waals surface area (Å²) in [5.74, 6) is 0.0338. The van der Waals surface area contributed by atoms with Gasteiger partial charge < -0.3 is 4.74 Å². The second-order valence-corrected chi connectivity index (χ2v) is 6.84. The number of para-hydroxylation sites is 1. The molecular formula is C16H7BrCl2F2N4O. The van der Waals surface area contributed by atoms with E-state index >= 15 is 0 Å². The lowest BCUT2D eigenvalue weighted by Gasteiger charge is -2.08. The van der Waals surface area contributed by atoms with Crippen LogP contribution in [0.5, 0.6) is 5.75 Å². The lowest BCUT2D eigenvalue weighted by molar-refractivity contribution is -0.0494. The molecule has 0 amide bonds. The number of hydrogen-bond acceptors (Lipinski definition) is 4. The van der Waals surface area contributed by atoms with Crippen molar-refractivity contribution in [3.05, 3.63) is 51.2 Å². The van der Waals surface area contributed by atoms with E-state index < -0.39 is 6.61 Å². The molecule has 132 valence electrons. The number of fused-ring (bicyclic) bond motifs is 3. The zero-order valence-electron chi connectivity index (χ0n) is 12.6. The minimum absolute atomic E-state index is 0.0865. The van der Waals surface area contributed by atoms with Crippen molar-refractivity contribution in [2.75, 3.05) is 0 Å². The first kappa shape index (κ1) is 17.4. The van der Waals surface area contributed by atoms with Crippen molar-refractivity contribution in [2.24, 2.45) is 0 Å². The Balaban J connectivity index is 1.98. The van der Waals surface area contributed by atoms with Crippen molar-refractivity contribution >= 4 is 55.7 Å². The zero-order chi connectivity index (χ0) is 18.4. The van der Waals surface area contributed by atoms with Crippen molar-refractivity contribution in [1.82, 2.24) is 19.6 Å². The Morgan fingerprint density at radius 1 is 1.12 bits per heavy atom. The van der Waals surface area contributed by atoms with Gasteiger partial charge in [-0.1, -0.05) is 17.7 Å². The molecule has 2 heterocycles. The van der Waals surface area contributed by atoms with Crippen molar-refractivity contribution in [3.63, 3.8) is 0 Å². The van der Waals surface area contributed by atoms with Gasteiger partial charge in [0.2, 0.25) is 5.28 Å². The summed E-state index contributed by atoms with van der Waals surface area (Å²) >= 11 is 15.5. The second-order valence-electron chi connectivity index (χ2n) is 5.21. The maximum Gasteiger partial charge on any atom is 0.387 e. The van der Waals surface area contributed by atoms with Gasteiger partial charge in [-0.3, -0.25) is 0 Å². The molecule has 4 aromatic rings. The van der Waals surface area contributed by atoms with E-state index in [4.69, 9.17) is 23.2 Å². The highest BCUT2D eigenvalue weighted by atomic mass is 79.9. The van der Waals surface area contributed by atoms with E-state index in [-0.39, 0.29) is 27.4 Å². The minimum Gasteiger partial charge on any atom is -0.434 e. The minimum atomic E-state index is -3.01. The summed E-state index contributed by atoms with van der Waals surface area (Å²) in [6.45, 7) is -3.01. The molecular weight excluding hydrogens is 453 g/mol. The normalized spacial score (nSPS) is 11.6. The molecule has 0 unspecified atom stereocenters. The molecule has 0 bridgehead atoms. The molecule has 2 aromatic heterocycles. The van der Waals surface area contributed by atoms with Gasteiger partial charge in [-0.25, -0.2) is 9.97 Å². The highest BCUT2D eigenvalue weighted by Gasteiger charge is 2.19. The van der Waals surface area contributed by atoms with Gasteiger partial charge in [-0.15, -0.1) is 5.10 Å². The topological polar surface area (TPSA) is 52.3 Å². The third-order valence-electron chi connectivity index (χ3n) is 3.61. The molecule has 0 saturated heterocycles. The molecule has 4 rings (SSSR count). The predicted molar refractivity (Wildman–Crippen MR) is 98.1 cm³/mol. The fourth-order valence-corrected chi connectivity index (χ4v) is 3.37. The van der Waals surface area contributed by atoms with Crippen molar-refractivity contribution < 1.29 is 13.5 Å². The van der Waals surface area contributed by atoms with Gasteiger partial charge in [-0.05, 0) is 57.9 Å². The Kier molecular flexibility index (Phi) is 4.42. The van der Waals surface area contributed by atoms with Crippen molar-refractivity contribution in [3.8, 4) is 17.1 Å². The molecule has 0 atom stereocenters. The second kappa shape index (κ2) is 6.61. The molecule has 0 fully saturated rings. The summed E-state index contributed by atoms with van der Waals surface area (Å²) in [5, 5.41) is 5.33. The van der Waals surface area contributed by atoms with Gasteiger partial charge in [-0.2, -0.15) is 13.3 Å². The monoisotopic (exact) mass is 458 g/mol. The van der Waals surface area contributed by atoms with Crippen LogP contribution in [0, 0.1) is 0 Å². The molecule has 0 aliphatic rings. The number of halogens is 5. The molecule has 0 spiro atoms. The van der Waals surface area contributed by atoms with Crippen LogP contribution < -0.4 is 4.74 Å². The quantitative estimate of drug-likeness (QED) is 0.373. The summed E-state index contributed by atoms with van der Waals surface area (Å²) in [4.78, 5) is 8.75. The van der Waals surface area contributed by atoms with E-state index in [0.29, 0.717) is 16.6 Å². The molecule has 0 N–H and O–H groups in total. The summed E-state index contributed by atoms with van der Waals surface area (Å²) in [5.41, 5.74) is 1.32. The van der Waals surface area contributed by atoms with E-state index in [0.717, 1.165) is 4.47 Å². The summed E-state index contributed by atoms with van der Waals surface area (Å²) < 4.78 is 32.1. The van der Waals surface area contributed by atoms with E-state index in [1.807, 2.05) is 18.2 Å². The molecule has 0 aliphatic heterocycles. The molecule has 5 nitrogen and oxygen atoms in total. The number of nitrogens with zero attached hydrogens (tertiary/aromatic N) is 4. The number of alkyl halides is 2. The third kappa shape index (κ3) is 2.98. The third-order valence-corrected chi connectivity index (χ3v) is 4.73. The van der Waals surface area contributed by atoms with Crippen LogP contribution >= 0.6 is 39.1 Å². The smallest absolute Gasteiger partial charge is 0.387 e. The van der Waals surface area contributed by atoms with E-state index in [9.17, 15) is 8.78 Å². The Labute approximate surface area is 163 Å². The van der Waals surface area contributed by atoms with E-state index in [1.54, 1.807) is 0 Å². The fourth-order valence-electron chi connectivity index (χ4n) is 2.55.